The highest BCUT2D eigenvalue weighted by Crippen LogP contribution is 2.25. The molecule has 0 bridgehead atoms. The second-order valence-corrected chi connectivity index (χ2v) is 7.77. The summed E-state index contributed by atoms with van der Waals surface area (Å²) in [5, 5.41) is 5.35. The molecule has 1 aliphatic rings. The molecule has 1 unspecified atom stereocenters. The fraction of sp³-hybridized carbons (Fsp3) is 0.391. The number of nitrogens with one attached hydrogen (secondary N) is 2. The van der Waals surface area contributed by atoms with Crippen molar-refractivity contribution in [3.63, 3.8) is 0 Å². The lowest BCUT2D eigenvalue weighted by Gasteiger charge is -2.38. The highest BCUT2D eigenvalue weighted by molar-refractivity contribution is 6.39. The van der Waals surface area contributed by atoms with E-state index in [9.17, 15) is 14.0 Å². The van der Waals surface area contributed by atoms with E-state index < -0.39 is 11.8 Å². The average Bonchev–Trinajstić information content (AvgIpc) is 2.76. The molecular weight excluding hydrogens is 399 g/mol. The predicted molar refractivity (Wildman–Crippen MR) is 118 cm³/mol. The van der Waals surface area contributed by atoms with E-state index in [1.165, 1.54) is 19.2 Å². The molecule has 2 aromatic carbocycles. The van der Waals surface area contributed by atoms with Gasteiger partial charge in [-0.1, -0.05) is 18.2 Å². The lowest BCUT2D eigenvalue weighted by atomic mass is 10.0. The van der Waals surface area contributed by atoms with Crippen LogP contribution >= 0.6 is 0 Å². The van der Waals surface area contributed by atoms with Crippen molar-refractivity contribution in [2.75, 3.05) is 52.2 Å². The van der Waals surface area contributed by atoms with Gasteiger partial charge >= 0.3 is 11.8 Å². The van der Waals surface area contributed by atoms with Gasteiger partial charge in [-0.25, -0.2) is 4.39 Å². The molecular formula is C23H29FN4O3. The first-order valence-electron chi connectivity index (χ1n) is 10.3. The van der Waals surface area contributed by atoms with E-state index in [2.05, 4.69) is 27.5 Å². The number of benzene rings is 2. The van der Waals surface area contributed by atoms with Crippen LogP contribution < -0.4 is 15.4 Å². The number of nitrogens with zero attached hydrogens (tertiary/aromatic N) is 2. The first-order valence-corrected chi connectivity index (χ1v) is 10.3. The number of methoxy groups -OCH3 is 1. The zero-order valence-electron chi connectivity index (χ0n) is 18.2. The molecule has 2 amide bonds. The minimum absolute atomic E-state index is 0.153. The number of piperazine rings is 1. The van der Waals surface area contributed by atoms with Crippen molar-refractivity contribution in [1.82, 2.24) is 15.1 Å². The summed E-state index contributed by atoms with van der Waals surface area (Å²) in [6, 6.07) is 11.5. The van der Waals surface area contributed by atoms with Crippen LogP contribution in [0.25, 0.3) is 0 Å². The number of hydrogen-bond acceptors (Lipinski definition) is 5. The molecule has 1 heterocycles. The molecule has 0 aromatic heterocycles. The molecule has 1 saturated heterocycles. The molecule has 1 atom stereocenters. The second-order valence-electron chi connectivity index (χ2n) is 7.77. The van der Waals surface area contributed by atoms with E-state index in [0.717, 1.165) is 37.3 Å². The summed E-state index contributed by atoms with van der Waals surface area (Å²) in [5.74, 6) is -1.32. The van der Waals surface area contributed by atoms with Gasteiger partial charge in [-0.2, -0.15) is 0 Å². The van der Waals surface area contributed by atoms with E-state index in [1.807, 2.05) is 13.0 Å². The van der Waals surface area contributed by atoms with Gasteiger partial charge in [0.2, 0.25) is 0 Å². The molecule has 0 radical (unpaired) electrons. The monoisotopic (exact) mass is 428 g/mol. The van der Waals surface area contributed by atoms with Crippen LogP contribution in [0.2, 0.25) is 0 Å². The van der Waals surface area contributed by atoms with Crippen LogP contribution in [0.3, 0.4) is 0 Å². The van der Waals surface area contributed by atoms with Crippen molar-refractivity contribution < 1.29 is 18.7 Å². The third-order valence-electron chi connectivity index (χ3n) is 5.50. The molecule has 7 nitrogen and oxygen atoms in total. The van der Waals surface area contributed by atoms with E-state index in [0.29, 0.717) is 11.4 Å². The zero-order valence-corrected chi connectivity index (χ0v) is 18.2. The Labute approximate surface area is 182 Å². The van der Waals surface area contributed by atoms with Gasteiger partial charge < -0.3 is 20.3 Å². The summed E-state index contributed by atoms with van der Waals surface area (Å²) in [6.45, 7) is 5.58. The van der Waals surface area contributed by atoms with Gasteiger partial charge in [0.15, 0.2) is 0 Å². The van der Waals surface area contributed by atoms with Crippen LogP contribution in [0, 0.1) is 12.7 Å². The molecule has 166 valence electrons. The lowest BCUT2D eigenvalue weighted by molar-refractivity contribution is -0.136. The Kier molecular flexibility index (Phi) is 7.59. The van der Waals surface area contributed by atoms with Gasteiger partial charge in [-0.3, -0.25) is 14.5 Å². The van der Waals surface area contributed by atoms with Crippen molar-refractivity contribution in [1.29, 1.82) is 0 Å². The first-order chi connectivity index (χ1) is 14.9. The van der Waals surface area contributed by atoms with Gasteiger partial charge in [0.25, 0.3) is 0 Å². The van der Waals surface area contributed by atoms with Crippen molar-refractivity contribution in [3.05, 3.63) is 59.4 Å². The van der Waals surface area contributed by atoms with Crippen LogP contribution in [-0.4, -0.2) is 68.5 Å². The number of amides is 2. The van der Waals surface area contributed by atoms with Crippen LogP contribution in [-0.2, 0) is 9.59 Å². The van der Waals surface area contributed by atoms with Crippen LogP contribution in [0.15, 0.2) is 42.5 Å². The number of hydrogen-bond donors (Lipinski definition) is 2. The Morgan fingerprint density at radius 2 is 1.74 bits per heavy atom. The molecule has 1 fully saturated rings. The number of carbonyl (C=O) groups excluding carboxylic acids is 2. The summed E-state index contributed by atoms with van der Waals surface area (Å²) in [5.41, 5.74) is 2.27. The topological polar surface area (TPSA) is 73.9 Å². The third-order valence-corrected chi connectivity index (χ3v) is 5.50. The zero-order chi connectivity index (χ0) is 22.4. The maximum atomic E-state index is 13.4. The summed E-state index contributed by atoms with van der Waals surface area (Å²) < 4.78 is 18.7. The number of anilines is 1. The molecule has 1 aliphatic heterocycles. The third kappa shape index (κ3) is 6.02. The Hall–Kier alpha value is -2.97. The van der Waals surface area contributed by atoms with Crippen molar-refractivity contribution in [3.8, 4) is 5.75 Å². The average molecular weight is 429 g/mol. The Morgan fingerprint density at radius 1 is 1.06 bits per heavy atom. The van der Waals surface area contributed by atoms with Gasteiger partial charge in [0, 0.05) is 32.7 Å². The molecule has 2 aromatic rings. The van der Waals surface area contributed by atoms with E-state index >= 15 is 0 Å². The largest absolute Gasteiger partial charge is 0.495 e. The molecule has 0 aliphatic carbocycles. The van der Waals surface area contributed by atoms with Crippen LogP contribution in [0.4, 0.5) is 10.1 Å². The number of likely N-dealkylation sites (N-methyl/N-ethyl adjacent to an activating group) is 1. The van der Waals surface area contributed by atoms with Gasteiger partial charge in [-0.15, -0.1) is 0 Å². The predicted octanol–water partition coefficient (Wildman–Crippen LogP) is 2.19. The number of ether oxygens (including phenoxy) is 1. The quantitative estimate of drug-likeness (QED) is 0.690. The molecule has 2 N–H and O–H groups in total. The smallest absolute Gasteiger partial charge is 0.313 e. The first kappa shape index (κ1) is 22.7. The molecule has 0 spiro atoms. The molecule has 3 rings (SSSR count). The minimum Gasteiger partial charge on any atom is -0.495 e. The number of halogens is 1. The summed E-state index contributed by atoms with van der Waals surface area (Å²) in [7, 11) is 3.57. The lowest BCUT2D eigenvalue weighted by Crippen LogP contribution is -2.49. The maximum Gasteiger partial charge on any atom is 0.313 e. The summed E-state index contributed by atoms with van der Waals surface area (Å²) in [4.78, 5) is 29.4. The van der Waals surface area contributed by atoms with E-state index in [4.69, 9.17) is 4.74 Å². The fourth-order valence-electron chi connectivity index (χ4n) is 3.64. The van der Waals surface area contributed by atoms with Crippen LogP contribution in [0.5, 0.6) is 5.75 Å². The minimum atomic E-state index is -0.764. The SMILES string of the molecule is COc1ccc(C)cc1NC(=O)C(=O)NCC(c1ccc(F)cc1)N1CCN(C)CC1. The Morgan fingerprint density at radius 3 is 2.39 bits per heavy atom. The standard InChI is InChI=1S/C23H29FN4O3/c1-16-4-9-21(31-3)19(14-16)26-23(30)22(29)25-15-20(17-5-7-18(24)8-6-17)28-12-10-27(2)11-13-28/h4-9,14,20H,10-13,15H2,1-3H3,(H,25,29)(H,26,30). The van der Waals surface area contributed by atoms with Crippen molar-refractivity contribution in [2.45, 2.75) is 13.0 Å². The summed E-state index contributed by atoms with van der Waals surface area (Å²) >= 11 is 0. The number of rotatable bonds is 6. The Bertz CT molecular complexity index is 912. The maximum absolute atomic E-state index is 13.4. The van der Waals surface area contributed by atoms with Crippen molar-refractivity contribution in [2.24, 2.45) is 0 Å². The van der Waals surface area contributed by atoms with Gasteiger partial charge in [-0.05, 0) is 49.4 Å². The van der Waals surface area contributed by atoms with Crippen molar-refractivity contribution >= 4 is 17.5 Å². The molecule has 8 heteroatoms. The Balaban J connectivity index is 1.67. The molecule has 31 heavy (non-hydrogen) atoms. The number of aryl methyl sites for hydroxylation is 1. The second kappa shape index (κ2) is 10.4. The van der Waals surface area contributed by atoms with Gasteiger partial charge in [0.05, 0.1) is 18.8 Å². The fourth-order valence-corrected chi connectivity index (χ4v) is 3.64. The number of carbonyl (C=O) groups is 2. The normalized spacial score (nSPS) is 15.9. The highest BCUT2D eigenvalue weighted by atomic mass is 19.1. The van der Waals surface area contributed by atoms with Gasteiger partial charge in [0.1, 0.15) is 11.6 Å². The van der Waals surface area contributed by atoms with E-state index in [-0.39, 0.29) is 18.4 Å². The molecule has 0 saturated carbocycles. The highest BCUT2D eigenvalue weighted by Gasteiger charge is 2.26. The summed E-state index contributed by atoms with van der Waals surface area (Å²) in [6.07, 6.45) is 0. The van der Waals surface area contributed by atoms with Crippen LogP contribution in [0.1, 0.15) is 17.2 Å². The van der Waals surface area contributed by atoms with E-state index in [1.54, 1.807) is 24.3 Å².